The number of nitrogens with one attached hydrogen (secondary N) is 1. The van der Waals surface area contributed by atoms with Gasteiger partial charge in [-0.25, -0.2) is 4.79 Å². The van der Waals surface area contributed by atoms with Crippen molar-refractivity contribution in [1.29, 1.82) is 0 Å². The van der Waals surface area contributed by atoms with Gasteiger partial charge >= 0.3 is 5.97 Å². The van der Waals surface area contributed by atoms with E-state index < -0.39 is 12.1 Å². The normalized spacial score (nSPS) is 11.6. The summed E-state index contributed by atoms with van der Waals surface area (Å²) in [5, 5.41) is 11.4. The van der Waals surface area contributed by atoms with Gasteiger partial charge in [0.1, 0.15) is 5.75 Å². The maximum Gasteiger partial charge on any atom is 0.335 e. The van der Waals surface area contributed by atoms with Crippen LogP contribution in [0.25, 0.3) is 0 Å². The maximum atomic E-state index is 11.4. The van der Waals surface area contributed by atoms with Gasteiger partial charge in [0.2, 0.25) is 0 Å². The number of carboxylic acid groups (broad SMARTS) is 1. The SMILES string of the molecule is CCNC(=O)C(C)Oc1cccc(C(=O)O)c1. The number of carboxylic acids is 1. The van der Waals surface area contributed by atoms with Crippen LogP contribution >= 0.6 is 0 Å². The third-order valence-corrected chi connectivity index (χ3v) is 2.11. The van der Waals surface area contributed by atoms with Crippen LogP contribution in [-0.2, 0) is 4.79 Å². The summed E-state index contributed by atoms with van der Waals surface area (Å²) >= 11 is 0. The van der Waals surface area contributed by atoms with Crippen LogP contribution in [0.1, 0.15) is 24.2 Å². The molecule has 1 aromatic rings. The minimum absolute atomic E-state index is 0.130. The highest BCUT2D eigenvalue weighted by molar-refractivity contribution is 5.88. The van der Waals surface area contributed by atoms with Crippen molar-refractivity contribution >= 4 is 11.9 Å². The van der Waals surface area contributed by atoms with Crippen LogP contribution in [0.5, 0.6) is 5.75 Å². The molecule has 1 aromatic carbocycles. The van der Waals surface area contributed by atoms with Crippen LogP contribution < -0.4 is 10.1 Å². The Kier molecular flexibility index (Phi) is 4.51. The van der Waals surface area contributed by atoms with E-state index in [0.717, 1.165) is 0 Å². The molecule has 5 heteroatoms. The second-order valence-electron chi connectivity index (χ2n) is 3.49. The van der Waals surface area contributed by atoms with Gasteiger partial charge in [-0.3, -0.25) is 4.79 Å². The Labute approximate surface area is 99.4 Å². The molecule has 0 saturated heterocycles. The largest absolute Gasteiger partial charge is 0.481 e. The Morgan fingerprint density at radius 2 is 2.18 bits per heavy atom. The molecule has 0 aliphatic heterocycles. The van der Waals surface area contributed by atoms with Crippen molar-refractivity contribution in [3.63, 3.8) is 0 Å². The molecule has 0 fully saturated rings. The highest BCUT2D eigenvalue weighted by atomic mass is 16.5. The lowest BCUT2D eigenvalue weighted by atomic mass is 10.2. The highest BCUT2D eigenvalue weighted by Crippen LogP contribution is 2.14. The first-order chi connectivity index (χ1) is 8.04. The summed E-state index contributed by atoms with van der Waals surface area (Å²) in [7, 11) is 0. The lowest BCUT2D eigenvalue weighted by molar-refractivity contribution is -0.127. The van der Waals surface area contributed by atoms with Gasteiger partial charge in [0.25, 0.3) is 5.91 Å². The molecular formula is C12H15NO4. The first-order valence-electron chi connectivity index (χ1n) is 5.32. The average molecular weight is 237 g/mol. The number of carbonyl (C=O) groups is 2. The van der Waals surface area contributed by atoms with Crippen LogP contribution in [0.15, 0.2) is 24.3 Å². The minimum Gasteiger partial charge on any atom is -0.481 e. The van der Waals surface area contributed by atoms with E-state index in [4.69, 9.17) is 9.84 Å². The van der Waals surface area contributed by atoms with Crippen LogP contribution in [0.4, 0.5) is 0 Å². The Morgan fingerprint density at radius 1 is 1.47 bits per heavy atom. The summed E-state index contributed by atoms with van der Waals surface area (Å²) in [5.74, 6) is -0.891. The van der Waals surface area contributed by atoms with Gasteiger partial charge < -0.3 is 15.2 Å². The van der Waals surface area contributed by atoms with Crippen molar-refractivity contribution < 1.29 is 19.4 Å². The van der Waals surface area contributed by atoms with Crippen molar-refractivity contribution in [2.24, 2.45) is 0 Å². The number of rotatable bonds is 5. The summed E-state index contributed by atoms with van der Waals surface area (Å²) in [4.78, 5) is 22.2. The molecular weight excluding hydrogens is 222 g/mol. The Bertz CT molecular complexity index is 417. The first-order valence-corrected chi connectivity index (χ1v) is 5.32. The van der Waals surface area contributed by atoms with Gasteiger partial charge in [-0.1, -0.05) is 6.07 Å². The lowest BCUT2D eigenvalue weighted by Crippen LogP contribution is -2.36. The van der Waals surface area contributed by atoms with E-state index in [-0.39, 0.29) is 11.5 Å². The van der Waals surface area contributed by atoms with Crippen LogP contribution in [0.3, 0.4) is 0 Å². The molecule has 0 aliphatic rings. The van der Waals surface area contributed by atoms with Crippen LogP contribution in [0.2, 0.25) is 0 Å². The van der Waals surface area contributed by atoms with E-state index in [1.807, 2.05) is 6.92 Å². The number of aromatic carboxylic acids is 1. The molecule has 17 heavy (non-hydrogen) atoms. The van der Waals surface area contributed by atoms with E-state index in [1.54, 1.807) is 19.1 Å². The quantitative estimate of drug-likeness (QED) is 0.809. The Balaban J connectivity index is 2.71. The Hall–Kier alpha value is -2.04. The number of hydrogen-bond acceptors (Lipinski definition) is 3. The topological polar surface area (TPSA) is 75.6 Å². The molecule has 0 saturated carbocycles. The van der Waals surface area contributed by atoms with Crippen molar-refractivity contribution in [2.75, 3.05) is 6.54 Å². The third-order valence-electron chi connectivity index (χ3n) is 2.11. The molecule has 5 nitrogen and oxygen atoms in total. The molecule has 0 aliphatic carbocycles. The zero-order valence-electron chi connectivity index (χ0n) is 9.77. The molecule has 1 amide bonds. The fourth-order valence-electron chi connectivity index (χ4n) is 1.28. The predicted octanol–water partition coefficient (Wildman–Crippen LogP) is 1.29. The zero-order chi connectivity index (χ0) is 12.8. The van der Waals surface area contributed by atoms with E-state index in [2.05, 4.69) is 5.32 Å². The van der Waals surface area contributed by atoms with E-state index in [9.17, 15) is 9.59 Å². The average Bonchev–Trinajstić information content (AvgIpc) is 2.29. The van der Waals surface area contributed by atoms with Gasteiger partial charge in [-0.15, -0.1) is 0 Å². The van der Waals surface area contributed by atoms with Crippen molar-refractivity contribution in [3.05, 3.63) is 29.8 Å². The standard InChI is InChI=1S/C12H15NO4/c1-3-13-11(14)8(2)17-10-6-4-5-9(7-10)12(15)16/h4-8H,3H2,1-2H3,(H,13,14)(H,15,16). The number of amides is 1. The third kappa shape index (κ3) is 3.79. The number of carbonyl (C=O) groups excluding carboxylic acids is 1. The second kappa shape index (κ2) is 5.89. The molecule has 1 atom stereocenters. The molecule has 1 rings (SSSR count). The molecule has 92 valence electrons. The molecule has 0 aromatic heterocycles. The lowest BCUT2D eigenvalue weighted by Gasteiger charge is -2.14. The van der Waals surface area contributed by atoms with Gasteiger partial charge in [0.05, 0.1) is 5.56 Å². The number of benzene rings is 1. The zero-order valence-corrected chi connectivity index (χ0v) is 9.77. The van der Waals surface area contributed by atoms with Crippen LogP contribution in [0, 0.1) is 0 Å². The predicted molar refractivity (Wildman–Crippen MR) is 62.2 cm³/mol. The minimum atomic E-state index is -1.03. The molecule has 2 N–H and O–H groups in total. The van der Waals surface area contributed by atoms with Gasteiger partial charge in [-0.2, -0.15) is 0 Å². The summed E-state index contributed by atoms with van der Waals surface area (Å²) in [6, 6.07) is 6.04. The van der Waals surface area contributed by atoms with Gasteiger partial charge in [-0.05, 0) is 32.0 Å². The van der Waals surface area contributed by atoms with Crippen molar-refractivity contribution in [3.8, 4) is 5.75 Å². The second-order valence-corrected chi connectivity index (χ2v) is 3.49. The first kappa shape index (κ1) is 13.0. The van der Waals surface area contributed by atoms with E-state index in [1.165, 1.54) is 12.1 Å². The number of ether oxygens (including phenoxy) is 1. The molecule has 0 heterocycles. The van der Waals surface area contributed by atoms with Crippen molar-refractivity contribution in [2.45, 2.75) is 20.0 Å². The maximum absolute atomic E-state index is 11.4. The van der Waals surface area contributed by atoms with Gasteiger partial charge in [0, 0.05) is 6.54 Å². The molecule has 0 radical (unpaired) electrons. The summed E-state index contributed by atoms with van der Waals surface area (Å²) in [6.07, 6.45) is -0.654. The summed E-state index contributed by atoms with van der Waals surface area (Å²) in [5.41, 5.74) is 0.130. The van der Waals surface area contributed by atoms with Gasteiger partial charge in [0.15, 0.2) is 6.10 Å². The highest BCUT2D eigenvalue weighted by Gasteiger charge is 2.14. The fourth-order valence-corrected chi connectivity index (χ4v) is 1.28. The van der Waals surface area contributed by atoms with Crippen LogP contribution in [-0.4, -0.2) is 29.6 Å². The fraction of sp³-hybridized carbons (Fsp3) is 0.333. The summed E-state index contributed by atoms with van der Waals surface area (Å²) in [6.45, 7) is 3.95. The van der Waals surface area contributed by atoms with E-state index >= 15 is 0 Å². The molecule has 0 bridgehead atoms. The molecule has 0 spiro atoms. The summed E-state index contributed by atoms with van der Waals surface area (Å²) < 4.78 is 5.34. The smallest absolute Gasteiger partial charge is 0.335 e. The van der Waals surface area contributed by atoms with E-state index in [0.29, 0.717) is 12.3 Å². The Morgan fingerprint density at radius 3 is 2.76 bits per heavy atom. The van der Waals surface area contributed by atoms with Crippen molar-refractivity contribution in [1.82, 2.24) is 5.32 Å². The number of likely N-dealkylation sites (N-methyl/N-ethyl adjacent to an activating group) is 1. The monoisotopic (exact) mass is 237 g/mol. The number of hydrogen-bond donors (Lipinski definition) is 2. The molecule has 1 unspecified atom stereocenters.